The van der Waals surface area contributed by atoms with E-state index < -0.39 is 0 Å². The molecule has 1 aliphatic heterocycles. The fourth-order valence-corrected chi connectivity index (χ4v) is 3.73. The molecule has 2 amide bonds. The maximum absolute atomic E-state index is 13.0. The molecule has 31 heavy (non-hydrogen) atoms. The highest BCUT2D eigenvalue weighted by molar-refractivity contribution is 6.01. The van der Waals surface area contributed by atoms with E-state index >= 15 is 0 Å². The summed E-state index contributed by atoms with van der Waals surface area (Å²) >= 11 is 0. The van der Waals surface area contributed by atoms with Crippen LogP contribution in [0.2, 0.25) is 0 Å². The molecule has 1 fully saturated rings. The summed E-state index contributed by atoms with van der Waals surface area (Å²) in [6.45, 7) is 2.07. The molecular formula is C24H26N4O3. The largest absolute Gasteiger partial charge is 0.497 e. The van der Waals surface area contributed by atoms with Crippen LogP contribution in [0.25, 0.3) is 11.3 Å². The summed E-state index contributed by atoms with van der Waals surface area (Å²) in [6.07, 6.45) is 3.78. The van der Waals surface area contributed by atoms with Gasteiger partial charge in [-0.25, -0.2) is 0 Å². The lowest BCUT2D eigenvalue weighted by Crippen LogP contribution is -2.38. The Kier molecular flexibility index (Phi) is 6.31. The predicted octanol–water partition coefficient (Wildman–Crippen LogP) is 2.96. The van der Waals surface area contributed by atoms with Gasteiger partial charge in [-0.2, -0.15) is 5.10 Å². The van der Waals surface area contributed by atoms with E-state index in [0.717, 1.165) is 42.8 Å². The monoisotopic (exact) mass is 418 g/mol. The highest BCUT2D eigenvalue weighted by Crippen LogP contribution is 2.25. The van der Waals surface area contributed by atoms with E-state index in [1.807, 2.05) is 54.6 Å². The van der Waals surface area contributed by atoms with Crippen molar-refractivity contribution >= 4 is 11.8 Å². The van der Waals surface area contributed by atoms with E-state index in [9.17, 15) is 9.59 Å². The zero-order valence-electron chi connectivity index (χ0n) is 17.6. The summed E-state index contributed by atoms with van der Waals surface area (Å²) in [7, 11) is 1.61. The molecule has 4 rings (SSSR count). The van der Waals surface area contributed by atoms with Crippen LogP contribution in [0.3, 0.4) is 0 Å². The highest BCUT2D eigenvalue weighted by atomic mass is 16.5. The summed E-state index contributed by atoms with van der Waals surface area (Å²) in [5, 5.41) is 7.45. The molecule has 1 N–H and O–H groups in total. The number of carbonyl (C=O) groups is 2. The fraction of sp³-hybridized carbons (Fsp3) is 0.292. The number of carbonyl (C=O) groups excluding carboxylic acids is 2. The van der Waals surface area contributed by atoms with Crippen molar-refractivity contribution in [2.45, 2.75) is 19.4 Å². The van der Waals surface area contributed by atoms with Crippen LogP contribution in [0.1, 0.15) is 28.8 Å². The van der Waals surface area contributed by atoms with Gasteiger partial charge in [0.2, 0.25) is 5.91 Å². The van der Waals surface area contributed by atoms with Crippen LogP contribution in [-0.2, 0) is 11.3 Å². The number of hydrogen-bond acceptors (Lipinski definition) is 4. The second kappa shape index (κ2) is 9.47. The van der Waals surface area contributed by atoms with Gasteiger partial charge in [0.15, 0.2) is 0 Å². The number of ether oxygens (including phenoxy) is 1. The van der Waals surface area contributed by atoms with Crippen LogP contribution in [0.5, 0.6) is 5.75 Å². The molecular weight excluding hydrogens is 392 g/mol. The van der Waals surface area contributed by atoms with Gasteiger partial charge in [0.25, 0.3) is 5.91 Å². The predicted molar refractivity (Wildman–Crippen MR) is 118 cm³/mol. The van der Waals surface area contributed by atoms with Gasteiger partial charge in [-0.1, -0.05) is 30.3 Å². The topological polar surface area (TPSA) is 76.5 Å². The molecule has 0 unspecified atom stereocenters. The van der Waals surface area contributed by atoms with Gasteiger partial charge in [-0.05, 0) is 42.7 Å². The smallest absolute Gasteiger partial charge is 0.255 e. The number of likely N-dealkylation sites (tertiary alicyclic amines) is 1. The van der Waals surface area contributed by atoms with Crippen LogP contribution >= 0.6 is 0 Å². The van der Waals surface area contributed by atoms with Crippen molar-refractivity contribution < 1.29 is 14.3 Å². The first-order chi connectivity index (χ1) is 15.1. The van der Waals surface area contributed by atoms with Gasteiger partial charge in [-0.15, -0.1) is 0 Å². The van der Waals surface area contributed by atoms with Crippen LogP contribution in [-0.4, -0.2) is 53.2 Å². The van der Waals surface area contributed by atoms with Crippen molar-refractivity contribution in [3.8, 4) is 17.0 Å². The van der Waals surface area contributed by atoms with Crippen LogP contribution in [0.15, 0.2) is 60.8 Å². The summed E-state index contributed by atoms with van der Waals surface area (Å²) in [5.41, 5.74) is 2.91. The lowest BCUT2D eigenvalue weighted by molar-refractivity contribution is -0.129. The third kappa shape index (κ3) is 4.94. The molecule has 0 radical (unpaired) electrons. The number of aromatic nitrogens is 2. The normalized spacial score (nSPS) is 13.3. The van der Waals surface area contributed by atoms with Crippen molar-refractivity contribution in [2.24, 2.45) is 0 Å². The van der Waals surface area contributed by atoms with Crippen LogP contribution in [0.4, 0.5) is 0 Å². The zero-order valence-corrected chi connectivity index (χ0v) is 17.6. The first kappa shape index (κ1) is 20.7. The molecule has 7 nitrogen and oxygen atoms in total. The van der Waals surface area contributed by atoms with Crippen LogP contribution in [0, 0.1) is 0 Å². The first-order valence-electron chi connectivity index (χ1n) is 10.5. The fourth-order valence-electron chi connectivity index (χ4n) is 3.73. The third-order valence-electron chi connectivity index (χ3n) is 5.42. The molecule has 0 bridgehead atoms. The van der Waals surface area contributed by atoms with E-state index in [1.165, 1.54) is 0 Å². The number of nitrogens with zero attached hydrogens (tertiary/aromatic N) is 3. The van der Waals surface area contributed by atoms with Crippen molar-refractivity contribution in [1.29, 1.82) is 0 Å². The number of amides is 2. The minimum absolute atomic E-state index is 0.00918. The lowest BCUT2D eigenvalue weighted by atomic mass is 10.1. The molecule has 1 saturated heterocycles. The van der Waals surface area contributed by atoms with Gasteiger partial charge in [-0.3, -0.25) is 14.3 Å². The van der Waals surface area contributed by atoms with Gasteiger partial charge >= 0.3 is 0 Å². The number of methoxy groups -OCH3 is 1. The lowest BCUT2D eigenvalue weighted by Gasteiger charge is -2.15. The molecule has 2 heterocycles. The van der Waals surface area contributed by atoms with E-state index in [4.69, 9.17) is 4.74 Å². The molecule has 2 aromatic carbocycles. The van der Waals surface area contributed by atoms with Gasteiger partial charge < -0.3 is 15.0 Å². The molecule has 0 spiro atoms. The number of hydrogen-bond donors (Lipinski definition) is 1. The quantitative estimate of drug-likeness (QED) is 0.640. The highest BCUT2D eigenvalue weighted by Gasteiger charge is 2.21. The minimum atomic E-state index is -0.308. The Morgan fingerprint density at radius 2 is 1.74 bits per heavy atom. The molecule has 0 atom stereocenters. The summed E-state index contributed by atoms with van der Waals surface area (Å²) in [6, 6.07) is 17.4. The van der Waals surface area contributed by atoms with Gasteiger partial charge in [0, 0.05) is 24.8 Å². The van der Waals surface area contributed by atoms with Gasteiger partial charge in [0.05, 0.1) is 25.8 Å². The molecule has 3 aromatic rings. The maximum atomic E-state index is 13.0. The molecule has 1 aromatic heterocycles. The van der Waals surface area contributed by atoms with Crippen molar-refractivity contribution in [2.75, 3.05) is 26.7 Å². The van der Waals surface area contributed by atoms with Gasteiger partial charge in [0.1, 0.15) is 11.4 Å². The number of benzene rings is 2. The van der Waals surface area contributed by atoms with E-state index in [1.54, 1.807) is 22.9 Å². The standard InChI is InChI=1S/C24H26N4O3/c1-31-20-11-9-19(10-12-20)23-21(17-28(26-23)16-18-7-3-2-4-8-18)24(30)25-15-22(29)27-13-5-6-14-27/h2-4,7-12,17H,5-6,13-16H2,1H3,(H,25,30). The molecule has 7 heteroatoms. The van der Waals surface area contributed by atoms with Crippen molar-refractivity contribution in [3.63, 3.8) is 0 Å². The molecule has 0 aliphatic carbocycles. The number of rotatable bonds is 7. The maximum Gasteiger partial charge on any atom is 0.255 e. The number of nitrogens with one attached hydrogen (secondary N) is 1. The Balaban J connectivity index is 1.57. The Labute approximate surface area is 181 Å². The average molecular weight is 418 g/mol. The molecule has 0 saturated carbocycles. The third-order valence-corrected chi connectivity index (χ3v) is 5.42. The summed E-state index contributed by atoms with van der Waals surface area (Å²) in [5.74, 6) is 0.376. The van der Waals surface area contributed by atoms with E-state index in [-0.39, 0.29) is 18.4 Å². The zero-order chi connectivity index (χ0) is 21.6. The Bertz CT molecular complexity index is 1040. The van der Waals surface area contributed by atoms with E-state index in [2.05, 4.69) is 10.4 Å². The second-order valence-corrected chi connectivity index (χ2v) is 7.57. The Morgan fingerprint density at radius 3 is 2.42 bits per heavy atom. The summed E-state index contributed by atoms with van der Waals surface area (Å²) < 4.78 is 6.99. The van der Waals surface area contributed by atoms with Crippen LogP contribution < -0.4 is 10.1 Å². The Morgan fingerprint density at radius 1 is 1.03 bits per heavy atom. The minimum Gasteiger partial charge on any atom is -0.497 e. The van der Waals surface area contributed by atoms with Crippen molar-refractivity contribution in [1.82, 2.24) is 20.0 Å². The second-order valence-electron chi connectivity index (χ2n) is 7.57. The summed E-state index contributed by atoms with van der Waals surface area (Å²) in [4.78, 5) is 27.1. The molecule has 1 aliphatic rings. The molecule has 160 valence electrons. The van der Waals surface area contributed by atoms with Crippen molar-refractivity contribution in [3.05, 3.63) is 71.9 Å². The SMILES string of the molecule is COc1ccc(-c2nn(Cc3ccccc3)cc2C(=O)NCC(=O)N2CCCC2)cc1. The Hall–Kier alpha value is -3.61. The average Bonchev–Trinajstić information content (AvgIpc) is 3.49. The van der Waals surface area contributed by atoms with E-state index in [0.29, 0.717) is 17.8 Å². The first-order valence-corrected chi connectivity index (χ1v) is 10.5.